The maximum absolute atomic E-state index is 13.4. The van der Waals surface area contributed by atoms with Crippen molar-refractivity contribution in [2.75, 3.05) is 4.31 Å². The molecule has 0 bridgehead atoms. The van der Waals surface area contributed by atoms with Crippen molar-refractivity contribution in [1.82, 2.24) is 0 Å². The molecule has 0 saturated heterocycles. The first-order valence-corrected chi connectivity index (χ1v) is 13.3. The third-order valence-corrected chi connectivity index (χ3v) is 8.39. The van der Waals surface area contributed by atoms with Gasteiger partial charge >= 0.3 is 12.1 Å². The minimum Gasteiger partial charge on any atom is -0.457 e. The minimum atomic E-state index is -4.29. The highest BCUT2D eigenvalue weighted by molar-refractivity contribution is 14.1. The van der Waals surface area contributed by atoms with Gasteiger partial charge in [0.2, 0.25) is 0 Å². The number of amides is 1. The fourth-order valence-corrected chi connectivity index (χ4v) is 5.85. The lowest BCUT2D eigenvalue weighted by Gasteiger charge is -2.28. The summed E-state index contributed by atoms with van der Waals surface area (Å²) in [5.74, 6) is -0.653. The average molecular weight is 605 g/mol. The molecule has 1 aliphatic heterocycles. The Bertz CT molecular complexity index is 1210. The highest BCUT2D eigenvalue weighted by atomic mass is 127. The number of carbonyl (C=O) groups is 2. The number of hydrogen-bond acceptors (Lipinski definition) is 9. The number of nitrogens with zero attached hydrogens (tertiary/aromatic N) is 3. The number of hydrogen-bond donors (Lipinski definition) is 0. The second-order valence-electron chi connectivity index (χ2n) is 9.21. The predicted octanol–water partition coefficient (Wildman–Crippen LogP) is 5.91. The molecule has 2 aromatic rings. The summed E-state index contributed by atoms with van der Waals surface area (Å²) in [6.45, 7) is 10.1. The van der Waals surface area contributed by atoms with Gasteiger partial charge in [0, 0.05) is 5.56 Å². The van der Waals surface area contributed by atoms with Crippen LogP contribution in [-0.4, -0.2) is 31.7 Å². The fraction of sp³-hybridized carbons (Fsp3) is 0.429. The molecule has 0 spiro atoms. The SMILES string of the molecule is CC(C)(C)OC(=O)N(c1ccc2c(c1)C(I)(C(=O)OC(C)(C)C)N=N2)S(=O)(=O)c1cccs1. The third kappa shape index (κ3) is 5.38. The van der Waals surface area contributed by atoms with E-state index in [1.165, 1.54) is 24.3 Å². The minimum absolute atomic E-state index is 0.00620. The lowest BCUT2D eigenvalue weighted by Crippen LogP contribution is -2.41. The van der Waals surface area contributed by atoms with Gasteiger partial charge in [0.1, 0.15) is 15.4 Å². The van der Waals surface area contributed by atoms with Gasteiger partial charge in [0.05, 0.1) is 11.4 Å². The average Bonchev–Trinajstić information content (AvgIpc) is 3.29. The zero-order chi connectivity index (χ0) is 24.8. The van der Waals surface area contributed by atoms with Gasteiger partial charge < -0.3 is 9.47 Å². The molecule has 1 unspecified atom stereocenters. The first-order valence-electron chi connectivity index (χ1n) is 9.86. The summed E-state index contributed by atoms with van der Waals surface area (Å²) < 4.78 is 36.7. The monoisotopic (exact) mass is 605 g/mol. The van der Waals surface area contributed by atoms with Crippen molar-refractivity contribution in [1.29, 1.82) is 0 Å². The Morgan fingerprint density at radius 1 is 1.06 bits per heavy atom. The molecule has 3 rings (SSSR count). The van der Waals surface area contributed by atoms with Crippen LogP contribution in [0.3, 0.4) is 0 Å². The Labute approximate surface area is 210 Å². The molecule has 1 aromatic heterocycles. The van der Waals surface area contributed by atoms with Crippen LogP contribution < -0.4 is 4.31 Å². The van der Waals surface area contributed by atoms with Crippen molar-refractivity contribution in [2.45, 2.75) is 60.5 Å². The lowest BCUT2D eigenvalue weighted by molar-refractivity contribution is -0.157. The number of carbonyl (C=O) groups excluding carboxylic acids is 2. The van der Waals surface area contributed by atoms with Crippen LogP contribution in [-0.2, 0) is 27.8 Å². The molecule has 0 radical (unpaired) electrons. The van der Waals surface area contributed by atoms with Crippen molar-refractivity contribution < 1.29 is 27.5 Å². The van der Waals surface area contributed by atoms with Gasteiger partial charge in [-0.3, -0.25) is 0 Å². The lowest BCUT2D eigenvalue weighted by atomic mass is 10.1. The zero-order valence-corrected chi connectivity index (χ0v) is 22.7. The van der Waals surface area contributed by atoms with Gasteiger partial charge in [-0.05, 0) is 93.8 Å². The van der Waals surface area contributed by atoms with Gasteiger partial charge in [0.15, 0.2) is 0 Å². The summed E-state index contributed by atoms with van der Waals surface area (Å²) in [7, 11) is -4.29. The summed E-state index contributed by atoms with van der Waals surface area (Å²) in [4.78, 5) is 26.0. The maximum atomic E-state index is 13.4. The van der Waals surface area contributed by atoms with E-state index in [1.54, 1.807) is 53.0 Å². The van der Waals surface area contributed by atoms with E-state index in [1.807, 2.05) is 22.6 Å². The van der Waals surface area contributed by atoms with E-state index in [-0.39, 0.29) is 9.90 Å². The second kappa shape index (κ2) is 8.62. The van der Waals surface area contributed by atoms with Crippen molar-refractivity contribution in [2.24, 2.45) is 10.2 Å². The van der Waals surface area contributed by atoms with E-state index < -0.39 is 36.8 Å². The first kappa shape index (κ1) is 25.6. The molecule has 2 heterocycles. The quantitative estimate of drug-likeness (QED) is 0.185. The number of benzene rings is 1. The van der Waals surface area contributed by atoms with Crippen LogP contribution in [0, 0.1) is 0 Å². The fourth-order valence-electron chi connectivity index (χ4n) is 2.82. The molecular weight excluding hydrogens is 581 g/mol. The van der Waals surface area contributed by atoms with Gasteiger partial charge in [-0.15, -0.1) is 11.3 Å². The van der Waals surface area contributed by atoms with Crippen molar-refractivity contribution in [3.63, 3.8) is 0 Å². The van der Waals surface area contributed by atoms with Crippen molar-refractivity contribution >= 4 is 67.4 Å². The van der Waals surface area contributed by atoms with E-state index in [2.05, 4.69) is 10.2 Å². The number of ether oxygens (including phenoxy) is 2. The van der Waals surface area contributed by atoms with Gasteiger partial charge in [-0.1, -0.05) is 6.07 Å². The zero-order valence-electron chi connectivity index (χ0n) is 18.9. The summed E-state index contributed by atoms with van der Waals surface area (Å²) in [6, 6.07) is 7.30. The number of sulfonamides is 1. The van der Waals surface area contributed by atoms with Crippen LogP contribution in [0.2, 0.25) is 0 Å². The number of rotatable bonds is 4. The van der Waals surface area contributed by atoms with E-state index in [0.717, 1.165) is 11.3 Å². The number of azo groups is 1. The molecule has 1 aromatic carbocycles. The molecule has 0 fully saturated rings. The Balaban J connectivity index is 2.12. The van der Waals surface area contributed by atoms with Crippen LogP contribution in [0.25, 0.3) is 0 Å². The Morgan fingerprint density at radius 2 is 1.70 bits per heavy atom. The van der Waals surface area contributed by atoms with Gasteiger partial charge in [-0.25, -0.2) is 9.59 Å². The number of esters is 1. The number of alkyl halides is 1. The summed E-state index contributed by atoms with van der Waals surface area (Å²) in [6.07, 6.45) is -1.07. The topological polar surface area (TPSA) is 115 Å². The van der Waals surface area contributed by atoms with Gasteiger partial charge in [0.25, 0.3) is 13.6 Å². The number of thiophene rings is 1. The summed E-state index contributed by atoms with van der Waals surface area (Å²) in [5.41, 5.74) is -1.03. The molecule has 0 N–H and O–H groups in total. The third-order valence-electron chi connectivity index (χ3n) is 4.09. The Hall–Kier alpha value is -2.06. The number of fused-ring (bicyclic) bond motifs is 1. The van der Waals surface area contributed by atoms with Crippen molar-refractivity contribution in [3.8, 4) is 0 Å². The maximum Gasteiger partial charge on any atom is 0.429 e. The smallest absolute Gasteiger partial charge is 0.429 e. The van der Waals surface area contributed by atoms with E-state index >= 15 is 0 Å². The molecule has 33 heavy (non-hydrogen) atoms. The number of halogens is 1. The highest BCUT2D eigenvalue weighted by Crippen LogP contribution is 2.48. The van der Waals surface area contributed by atoms with Crippen LogP contribution in [0.1, 0.15) is 47.1 Å². The van der Waals surface area contributed by atoms with Crippen LogP contribution in [0.5, 0.6) is 0 Å². The normalized spacial score (nSPS) is 18.0. The molecule has 1 aliphatic rings. The molecule has 0 aliphatic carbocycles. The van der Waals surface area contributed by atoms with Crippen LogP contribution in [0.15, 0.2) is 50.1 Å². The molecule has 1 amide bonds. The van der Waals surface area contributed by atoms with E-state index in [9.17, 15) is 18.0 Å². The summed E-state index contributed by atoms with van der Waals surface area (Å²) in [5, 5.41) is 9.74. The molecule has 0 saturated carbocycles. The predicted molar refractivity (Wildman–Crippen MR) is 133 cm³/mol. The Morgan fingerprint density at radius 3 is 2.24 bits per heavy atom. The van der Waals surface area contributed by atoms with E-state index in [0.29, 0.717) is 15.6 Å². The van der Waals surface area contributed by atoms with Crippen molar-refractivity contribution in [3.05, 3.63) is 41.3 Å². The van der Waals surface area contributed by atoms with E-state index in [4.69, 9.17) is 9.47 Å². The Kier molecular flexibility index (Phi) is 6.68. The second-order valence-corrected chi connectivity index (χ2v) is 13.7. The molecule has 1 atom stereocenters. The van der Waals surface area contributed by atoms with Gasteiger partial charge in [-0.2, -0.15) is 23.0 Å². The van der Waals surface area contributed by atoms with Crippen LogP contribution in [0.4, 0.5) is 16.2 Å². The molecule has 9 nitrogen and oxygen atoms in total. The standard InChI is InChI=1S/C21H24IN3O6S2/c1-19(2,3)30-17(26)21(22)14-12-13(9-10-15(14)23-24-21)25(18(27)31-20(4,5)6)33(28,29)16-8-7-11-32-16/h7-12H,1-6H3. The molecular formula is C21H24IN3O6S2. The largest absolute Gasteiger partial charge is 0.457 e. The molecule has 12 heteroatoms. The van der Waals surface area contributed by atoms with Crippen LogP contribution >= 0.6 is 33.9 Å². The highest BCUT2D eigenvalue weighted by Gasteiger charge is 2.47. The first-order chi connectivity index (χ1) is 15.0. The number of anilines is 1. The molecule has 178 valence electrons. The summed E-state index contributed by atoms with van der Waals surface area (Å²) >= 11 is 2.79.